The third-order valence-electron chi connectivity index (χ3n) is 11.4. The lowest BCUT2D eigenvalue weighted by Crippen LogP contribution is -2.42. The van der Waals surface area contributed by atoms with Gasteiger partial charge in [-0.3, -0.25) is 4.79 Å². The summed E-state index contributed by atoms with van der Waals surface area (Å²) < 4.78 is 29.3. The SMILES string of the molecule is Cc1sc(C2OCCO2)cc1C(O)(c1nc2ccccc2n1CCO[Si](C)(C)C(C)(C)C)S1(C)C=C(C2OCCn3c2nc2ccccc23)C=C1C=O. The van der Waals surface area contributed by atoms with Crippen LogP contribution in [0.3, 0.4) is 0 Å². The maximum absolute atomic E-state index is 14.0. The molecule has 1 saturated heterocycles. The second kappa shape index (κ2) is 13.4. The lowest BCUT2D eigenvalue weighted by Gasteiger charge is -2.46. The van der Waals surface area contributed by atoms with Crippen molar-refractivity contribution in [1.82, 2.24) is 19.1 Å². The molecule has 0 spiro atoms. The average molecular weight is 773 g/mol. The maximum Gasteiger partial charge on any atom is 0.193 e. The number of thiophene rings is 1. The summed E-state index contributed by atoms with van der Waals surface area (Å²) in [6, 6.07) is 18.0. The van der Waals surface area contributed by atoms with Crippen molar-refractivity contribution in [3.8, 4) is 0 Å². The summed E-state index contributed by atoms with van der Waals surface area (Å²) in [5.41, 5.74) is 5.08. The van der Waals surface area contributed by atoms with Crippen LogP contribution in [0.15, 0.2) is 76.6 Å². The largest absolute Gasteiger partial charge is 0.415 e. The number of aliphatic hydroxyl groups is 1. The van der Waals surface area contributed by atoms with E-state index in [1.165, 1.54) is 11.3 Å². The molecule has 0 aliphatic carbocycles. The summed E-state index contributed by atoms with van der Waals surface area (Å²) >= 11 is 1.54. The van der Waals surface area contributed by atoms with Crippen LogP contribution in [0, 0.1) is 6.92 Å². The van der Waals surface area contributed by atoms with Crippen molar-refractivity contribution in [3.05, 3.63) is 104 Å². The fourth-order valence-electron chi connectivity index (χ4n) is 7.49. The van der Waals surface area contributed by atoms with Crippen LogP contribution in [0.2, 0.25) is 18.1 Å². The topological polar surface area (TPSA) is 110 Å². The molecule has 0 radical (unpaired) electrons. The molecule has 2 aromatic carbocycles. The highest BCUT2D eigenvalue weighted by Crippen LogP contribution is 2.72. The number of benzene rings is 2. The molecule has 3 aromatic heterocycles. The van der Waals surface area contributed by atoms with Crippen molar-refractivity contribution >= 4 is 58.0 Å². The number of nitrogens with zero attached hydrogens (tertiary/aromatic N) is 4. The van der Waals surface area contributed by atoms with Gasteiger partial charge < -0.3 is 32.9 Å². The van der Waals surface area contributed by atoms with E-state index in [0.717, 1.165) is 49.5 Å². The van der Waals surface area contributed by atoms with Gasteiger partial charge in [0.05, 0.1) is 53.4 Å². The second-order valence-corrected chi connectivity index (χ2v) is 25.0. The minimum Gasteiger partial charge on any atom is -0.415 e. The third-order valence-corrected chi connectivity index (χ3v) is 20.6. The van der Waals surface area contributed by atoms with Gasteiger partial charge in [0.25, 0.3) is 0 Å². The molecule has 3 aliphatic heterocycles. The fraction of sp³-hybridized carbons (Fsp3) is 0.425. The number of fused-ring (bicyclic) bond motifs is 4. The van der Waals surface area contributed by atoms with Gasteiger partial charge in [0.15, 0.2) is 31.7 Å². The number of rotatable bonds is 10. The number of aldehydes is 1. The molecule has 3 aliphatic rings. The molecular weight excluding hydrogens is 725 g/mol. The molecule has 8 rings (SSSR count). The molecule has 1 fully saturated rings. The molecule has 0 bridgehead atoms. The molecule has 1 N–H and O–H groups in total. The molecular formula is C40H48N4O6S2Si. The molecule has 0 saturated carbocycles. The molecule has 5 aromatic rings. The minimum atomic E-state index is -2.57. The monoisotopic (exact) mass is 772 g/mol. The minimum absolute atomic E-state index is 0.0379. The number of allylic oxidation sites excluding steroid dienone is 1. The number of imidazole rings is 2. The Kier molecular flexibility index (Phi) is 9.25. The van der Waals surface area contributed by atoms with Gasteiger partial charge in [0.2, 0.25) is 0 Å². The molecule has 3 unspecified atom stereocenters. The molecule has 6 heterocycles. The predicted molar refractivity (Wildman–Crippen MR) is 214 cm³/mol. The first-order valence-electron chi connectivity index (χ1n) is 18.2. The van der Waals surface area contributed by atoms with Gasteiger partial charge in [-0.2, -0.15) is 10.0 Å². The van der Waals surface area contributed by atoms with E-state index in [9.17, 15) is 9.90 Å². The summed E-state index contributed by atoms with van der Waals surface area (Å²) in [6.45, 7) is 16.3. The highest BCUT2D eigenvalue weighted by atomic mass is 32.3. The van der Waals surface area contributed by atoms with E-state index in [4.69, 9.17) is 28.6 Å². The van der Waals surface area contributed by atoms with Gasteiger partial charge in [-0.15, -0.1) is 11.3 Å². The van der Waals surface area contributed by atoms with Crippen LogP contribution in [0.1, 0.15) is 60.1 Å². The average Bonchev–Trinajstić information content (AvgIpc) is 3.97. The number of aromatic nitrogens is 4. The lowest BCUT2D eigenvalue weighted by molar-refractivity contribution is -0.104. The van der Waals surface area contributed by atoms with Crippen LogP contribution in [-0.4, -0.2) is 71.5 Å². The van der Waals surface area contributed by atoms with Crippen molar-refractivity contribution in [2.24, 2.45) is 0 Å². The summed E-state index contributed by atoms with van der Waals surface area (Å²) in [4.78, 5) is 24.1. The highest BCUT2D eigenvalue weighted by molar-refractivity contribution is 8.40. The Morgan fingerprint density at radius 3 is 2.40 bits per heavy atom. The Bertz CT molecular complexity index is 2280. The van der Waals surface area contributed by atoms with Crippen LogP contribution >= 0.6 is 21.4 Å². The number of hydrogen-bond acceptors (Lipinski definition) is 9. The molecule has 0 amide bonds. The zero-order valence-electron chi connectivity index (χ0n) is 31.4. The molecule has 3 atom stereocenters. The highest BCUT2D eigenvalue weighted by Gasteiger charge is 2.54. The normalized spacial score (nSPS) is 23.5. The fourth-order valence-corrected chi connectivity index (χ4v) is 12.8. The Balaban J connectivity index is 1.31. The van der Waals surface area contributed by atoms with E-state index in [0.29, 0.717) is 55.8 Å². The van der Waals surface area contributed by atoms with Crippen molar-refractivity contribution in [1.29, 1.82) is 0 Å². The van der Waals surface area contributed by atoms with Gasteiger partial charge >= 0.3 is 0 Å². The Hall–Kier alpha value is -3.40. The smallest absolute Gasteiger partial charge is 0.193 e. The number of hydrogen-bond donors (Lipinski definition) is 1. The Labute approximate surface area is 316 Å². The van der Waals surface area contributed by atoms with E-state index < -0.39 is 35.7 Å². The zero-order valence-corrected chi connectivity index (χ0v) is 34.1. The zero-order chi connectivity index (χ0) is 37.3. The van der Waals surface area contributed by atoms with Crippen molar-refractivity contribution in [2.75, 3.05) is 32.7 Å². The van der Waals surface area contributed by atoms with Crippen LogP contribution in [0.4, 0.5) is 0 Å². The number of carbonyl (C=O) groups is 1. The Morgan fingerprint density at radius 2 is 1.70 bits per heavy atom. The van der Waals surface area contributed by atoms with Crippen LogP contribution in [0.25, 0.3) is 22.1 Å². The summed E-state index contributed by atoms with van der Waals surface area (Å²) in [6.07, 6.45) is 3.79. The van der Waals surface area contributed by atoms with E-state index in [1.807, 2.05) is 67.8 Å². The predicted octanol–water partition coefficient (Wildman–Crippen LogP) is 8.20. The number of para-hydroxylation sites is 4. The van der Waals surface area contributed by atoms with Gasteiger partial charge in [-0.05, 0) is 78.7 Å². The summed E-state index contributed by atoms with van der Waals surface area (Å²) in [5, 5.41) is 16.1. The first-order valence-corrected chi connectivity index (χ1v) is 24.0. The molecule has 10 nitrogen and oxygen atoms in total. The van der Waals surface area contributed by atoms with E-state index in [1.54, 1.807) is 0 Å². The maximum atomic E-state index is 14.0. The van der Waals surface area contributed by atoms with Crippen molar-refractivity contribution in [2.45, 2.75) is 76.2 Å². The number of ether oxygens (including phenoxy) is 3. The number of carbonyl (C=O) groups excluding carboxylic acids is 1. The van der Waals surface area contributed by atoms with Crippen LogP contribution in [0.5, 0.6) is 0 Å². The van der Waals surface area contributed by atoms with E-state index in [2.05, 4.69) is 54.5 Å². The lowest BCUT2D eigenvalue weighted by atomic mass is 10.1. The van der Waals surface area contributed by atoms with Gasteiger partial charge in [-0.25, -0.2) is 9.97 Å². The van der Waals surface area contributed by atoms with Crippen LogP contribution < -0.4 is 0 Å². The van der Waals surface area contributed by atoms with Crippen molar-refractivity contribution < 1.29 is 28.5 Å². The van der Waals surface area contributed by atoms with Gasteiger partial charge in [0, 0.05) is 28.4 Å². The quantitative estimate of drug-likeness (QED) is 0.112. The first kappa shape index (κ1) is 36.6. The molecule has 13 heteroatoms. The van der Waals surface area contributed by atoms with Gasteiger partial charge in [0.1, 0.15) is 11.9 Å². The second-order valence-electron chi connectivity index (χ2n) is 15.6. The third kappa shape index (κ3) is 5.91. The molecule has 280 valence electrons. The van der Waals surface area contributed by atoms with Crippen LogP contribution in [-0.2, 0) is 41.5 Å². The van der Waals surface area contributed by atoms with Crippen molar-refractivity contribution in [3.63, 3.8) is 0 Å². The number of aryl methyl sites for hydroxylation is 1. The first-order chi connectivity index (χ1) is 25.3. The summed E-state index contributed by atoms with van der Waals surface area (Å²) in [5.74, 6) is 1.26. The Morgan fingerprint density at radius 1 is 1.02 bits per heavy atom. The van der Waals surface area contributed by atoms with E-state index in [-0.39, 0.29) is 5.04 Å². The van der Waals surface area contributed by atoms with Gasteiger partial charge in [-0.1, -0.05) is 45.0 Å². The standard InChI is InChI=1S/C40H48N4O6S2Si/c1-26-29(23-34(51-26)37-48-20-21-49-37)40(46,38-42-31-13-9-11-15-33(31)44(38)17-19-50-53(6,7)39(2,3)4)52(5)25-27(22-28(52)24-45)35-36-41-30-12-8-10-14-32(30)43(36)16-18-47-35/h8-15,22-25,35,37,46H,16-21H2,1-7H3. The summed E-state index contributed by atoms with van der Waals surface area (Å²) in [7, 11) is -4.66. The molecule has 53 heavy (non-hydrogen) atoms. The van der Waals surface area contributed by atoms with E-state index >= 15 is 0 Å².